The summed E-state index contributed by atoms with van der Waals surface area (Å²) in [6, 6.07) is 4.19. The predicted molar refractivity (Wildman–Crippen MR) is 104 cm³/mol. The monoisotopic (exact) mass is 365 g/mol. The summed E-state index contributed by atoms with van der Waals surface area (Å²) in [5.41, 5.74) is 3.14. The minimum absolute atomic E-state index is 0.149. The van der Waals surface area contributed by atoms with Crippen molar-refractivity contribution in [2.24, 2.45) is 5.41 Å². The lowest BCUT2D eigenvalue weighted by Crippen LogP contribution is -2.54. The van der Waals surface area contributed by atoms with E-state index in [0.29, 0.717) is 13.0 Å². The van der Waals surface area contributed by atoms with Gasteiger partial charge in [-0.2, -0.15) is 0 Å². The van der Waals surface area contributed by atoms with E-state index < -0.39 is 0 Å². The molecule has 0 aromatic carbocycles. The van der Waals surface area contributed by atoms with E-state index in [9.17, 15) is 4.79 Å². The van der Waals surface area contributed by atoms with Gasteiger partial charge in [-0.25, -0.2) is 4.98 Å². The highest BCUT2D eigenvalue weighted by atomic mass is 16.2. The highest BCUT2D eigenvalue weighted by Gasteiger charge is 2.42. The largest absolute Gasteiger partial charge is 0.356 e. The van der Waals surface area contributed by atoms with Crippen LogP contribution in [-0.2, 0) is 11.3 Å². The minimum atomic E-state index is 0.149. The van der Waals surface area contributed by atoms with E-state index in [2.05, 4.69) is 32.8 Å². The second-order valence-corrected chi connectivity index (χ2v) is 8.12. The van der Waals surface area contributed by atoms with Gasteiger partial charge in [-0.05, 0) is 50.8 Å². The molecule has 142 valence electrons. The molecule has 2 saturated heterocycles. The van der Waals surface area contributed by atoms with Crippen LogP contribution in [0.4, 0.5) is 5.82 Å². The maximum absolute atomic E-state index is 12.5. The van der Waals surface area contributed by atoms with Crippen molar-refractivity contribution in [2.45, 2.75) is 46.1 Å². The molecule has 2 fully saturated rings. The van der Waals surface area contributed by atoms with E-state index >= 15 is 0 Å². The number of hydrogen-bond acceptors (Lipinski definition) is 5. The topological polar surface area (TPSA) is 62.2 Å². The molecule has 1 unspecified atom stereocenters. The van der Waals surface area contributed by atoms with E-state index in [1.807, 2.05) is 24.1 Å². The summed E-state index contributed by atoms with van der Waals surface area (Å²) in [5, 5.41) is 0. The Balaban J connectivity index is 1.50. The average Bonchev–Trinajstić information content (AvgIpc) is 2.67. The highest BCUT2D eigenvalue weighted by molar-refractivity contribution is 5.77. The lowest BCUT2D eigenvalue weighted by atomic mass is 9.73. The number of hydrogen-bond donors (Lipinski definition) is 0. The molecule has 1 spiro atoms. The van der Waals surface area contributed by atoms with Crippen LogP contribution >= 0.6 is 0 Å². The van der Waals surface area contributed by atoms with E-state index in [1.165, 1.54) is 12.0 Å². The van der Waals surface area contributed by atoms with Crippen LogP contribution in [0.2, 0.25) is 0 Å². The number of aromatic nitrogens is 3. The van der Waals surface area contributed by atoms with Crippen molar-refractivity contribution in [3.05, 3.63) is 47.7 Å². The normalized spacial score (nSPS) is 23.1. The quantitative estimate of drug-likeness (QED) is 0.837. The van der Waals surface area contributed by atoms with Gasteiger partial charge in [0.25, 0.3) is 0 Å². The van der Waals surface area contributed by atoms with Crippen molar-refractivity contribution >= 4 is 11.7 Å². The Morgan fingerprint density at radius 1 is 1.11 bits per heavy atom. The van der Waals surface area contributed by atoms with Crippen LogP contribution in [0.5, 0.6) is 0 Å². The molecular weight excluding hydrogens is 338 g/mol. The maximum Gasteiger partial charge on any atom is 0.222 e. The van der Waals surface area contributed by atoms with Crippen LogP contribution in [0, 0.1) is 19.3 Å². The standard InChI is InChI=1S/C21H27N5O/c1-16-5-8-22-19(10-16)25-9-3-6-21(14-25)7-4-20(27)26(15-21)13-18-12-23-17(2)11-24-18/h5,8,10-12H,3-4,6-7,9,13-15H2,1-2H3. The molecule has 0 radical (unpaired) electrons. The predicted octanol–water partition coefficient (Wildman–Crippen LogP) is 2.90. The van der Waals surface area contributed by atoms with Crippen molar-refractivity contribution in [2.75, 3.05) is 24.5 Å². The molecule has 0 saturated carbocycles. The Kier molecular flexibility index (Phi) is 4.81. The van der Waals surface area contributed by atoms with Crippen molar-refractivity contribution < 1.29 is 4.79 Å². The molecule has 2 aliphatic heterocycles. The number of piperidine rings is 2. The molecule has 4 rings (SSSR count). The van der Waals surface area contributed by atoms with E-state index in [4.69, 9.17) is 0 Å². The Labute approximate surface area is 160 Å². The smallest absolute Gasteiger partial charge is 0.222 e. The summed E-state index contributed by atoms with van der Waals surface area (Å²) in [7, 11) is 0. The van der Waals surface area contributed by atoms with Crippen molar-refractivity contribution in [1.29, 1.82) is 0 Å². The number of pyridine rings is 1. The molecule has 0 aliphatic carbocycles. The lowest BCUT2D eigenvalue weighted by Gasteiger charge is -2.48. The molecular formula is C21H27N5O. The van der Waals surface area contributed by atoms with Crippen LogP contribution in [0.3, 0.4) is 0 Å². The van der Waals surface area contributed by atoms with E-state index in [1.54, 1.807) is 12.4 Å². The van der Waals surface area contributed by atoms with Gasteiger partial charge < -0.3 is 9.80 Å². The van der Waals surface area contributed by atoms with Gasteiger partial charge in [-0.15, -0.1) is 0 Å². The summed E-state index contributed by atoms with van der Waals surface area (Å²) in [6.45, 7) is 7.38. The first kappa shape index (κ1) is 17.9. The summed E-state index contributed by atoms with van der Waals surface area (Å²) in [5.74, 6) is 1.29. The fourth-order valence-electron chi connectivity index (χ4n) is 4.37. The van der Waals surface area contributed by atoms with Crippen LogP contribution in [-0.4, -0.2) is 45.4 Å². The number of nitrogens with zero attached hydrogens (tertiary/aromatic N) is 5. The Morgan fingerprint density at radius 2 is 2.00 bits per heavy atom. The molecule has 1 atom stereocenters. The van der Waals surface area contributed by atoms with Crippen LogP contribution in [0.1, 0.15) is 42.6 Å². The fraction of sp³-hybridized carbons (Fsp3) is 0.524. The number of likely N-dealkylation sites (tertiary alicyclic amines) is 1. The van der Waals surface area contributed by atoms with Crippen LogP contribution in [0.15, 0.2) is 30.7 Å². The van der Waals surface area contributed by atoms with E-state index in [-0.39, 0.29) is 11.3 Å². The van der Waals surface area contributed by atoms with Gasteiger partial charge in [-0.1, -0.05) is 0 Å². The molecule has 6 heteroatoms. The highest BCUT2D eigenvalue weighted by Crippen LogP contribution is 2.40. The van der Waals surface area contributed by atoms with Gasteiger partial charge in [0, 0.05) is 43.9 Å². The number of carbonyl (C=O) groups is 1. The zero-order valence-electron chi connectivity index (χ0n) is 16.2. The van der Waals surface area contributed by atoms with Crippen molar-refractivity contribution in [1.82, 2.24) is 19.9 Å². The summed E-state index contributed by atoms with van der Waals surface area (Å²) in [6.07, 6.45) is 9.33. The molecule has 27 heavy (non-hydrogen) atoms. The van der Waals surface area contributed by atoms with Crippen molar-refractivity contribution in [3.8, 4) is 0 Å². The first-order chi connectivity index (χ1) is 13.0. The second-order valence-electron chi connectivity index (χ2n) is 8.12. The second kappa shape index (κ2) is 7.25. The van der Waals surface area contributed by atoms with Gasteiger partial charge in [0.15, 0.2) is 0 Å². The van der Waals surface area contributed by atoms with Gasteiger partial charge in [0.2, 0.25) is 5.91 Å². The first-order valence-corrected chi connectivity index (χ1v) is 9.76. The van der Waals surface area contributed by atoms with Crippen LogP contribution in [0.25, 0.3) is 0 Å². The molecule has 1 amide bonds. The molecule has 2 aromatic rings. The first-order valence-electron chi connectivity index (χ1n) is 9.76. The number of carbonyl (C=O) groups excluding carboxylic acids is 1. The van der Waals surface area contributed by atoms with Gasteiger partial charge in [-0.3, -0.25) is 14.8 Å². The van der Waals surface area contributed by atoms with Gasteiger partial charge in [0.1, 0.15) is 5.82 Å². The number of rotatable bonds is 3. The average molecular weight is 365 g/mol. The number of amides is 1. The molecule has 0 bridgehead atoms. The molecule has 2 aromatic heterocycles. The van der Waals surface area contributed by atoms with Crippen LogP contribution < -0.4 is 4.90 Å². The minimum Gasteiger partial charge on any atom is -0.356 e. The Hall–Kier alpha value is -2.50. The fourth-order valence-corrected chi connectivity index (χ4v) is 4.37. The summed E-state index contributed by atoms with van der Waals surface area (Å²) >= 11 is 0. The lowest BCUT2D eigenvalue weighted by molar-refractivity contribution is -0.138. The SMILES string of the molecule is Cc1ccnc(N2CCCC3(CCC(=O)N(Cc4cnc(C)cn4)C3)C2)c1. The Morgan fingerprint density at radius 3 is 2.78 bits per heavy atom. The zero-order valence-corrected chi connectivity index (χ0v) is 16.2. The summed E-state index contributed by atoms with van der Waals surface area (Å²) < 4.78 is 0. The Bertz CT molecular complexity index is 822. The number of aryl methyl sites for hydroxylation is 2. The summed E-state index contributed by atoms with van der Waals surface area (Å²) in [4.78, 5) is 30.3. The molecule has 6 nitrogen and oxygen atoms in total. The van der Waals surface area contributed by atoms with E-state index in [0.717, 1.165) is 49.7 Å². The third-order valence-electron chi connectivity index (χ3n) is 5.82. The molecule has 2 aliphatic rings. The number of anilines is 1. The third-order valence-corrected chi connectivity index (χ3v) is 5.82. The molecule has 0 N–H and O–H groups in total. The zero-order chi connectivity index (χ0) is 18.9. The molecule has 4 heterocycles. The van der Waals surface area contributed by atoms with Crippen molar-refractivity contribution in [3.63, 3.8) is 0 Å². The van der Waals surface area contributed by atoms with Gasteiger partial charge in [0.05, 0.1) is 24.1 Å². The third kappa shape index (κ3) is 3.94. The maximum atomic E-state index is 12.5. The van der Waals surface area contributed by atoms with Gasteiger partial charge >= 0.3 is 0 Å².